The van der Waals surface area contributed by atoms with Crippen LogP contribution in [0.1, 0.15) is 11.3 Å². The van der Waals surface area contributed by atoms with Gasteiger partial charge in [0.05, 0.1) is 6.61 Å². The maximum atomic E-state index is 9.10. The van der Waals surface area contributed by atoms with Gasteiger partial charge in [-0.3, -0.25) is 0 Å². The Morgan fingerprint density at radius 2 is 1.87 bits per heavy atom. The number of aliphatic hydroxyl groups is 1. The van der Waals surface area contributed by atoms with E-state index in [0.29, 0.717) is 0 Å². The third-order valence-electron chi connectivity index (χ3n) is 2.35. The van der Waals surface area contributed by atoms with Crippen molar-refractivity contribution in [3.63, 3.8) is 0 Å². The predicted octanol–water partition coefficient (Wildman–Crippen LogP) is 2.79. The Morgan fingerprint density at radius 3 is 2.53 bits per heavy atom. The molecule has 78 valence electrons. The molecule has 0 fully saturated rings. The first kappa shape index (κ1) is 10.5. The molecule has 15 heavy (non-hydrogen) atoms. The minimum atomic E-state index is 0.0868. The van der Waals surface area contributed by atoms with Crippen molar-refractivity contribution in [1.82, 2.24) is 4.57 Å². The fourth-order valence-electron chi connectivity index (χ4n) is 1.53. The van der Waals surface area contributed by atoms with Gasteiger partial charge < -0.3 is 9.67 Å². The van der Waals surface area contributed by atoms with Gasteiger partial charge in [0.25, 0.3) is 0 Å². The summed E-state index contributed by atoms with van der Waals surface area (Å²) in [6.07, 6.45) is 1.98. The monoisotopic (exact) mass is 265 g/mol. The molecule has 0 atom stereocenters. The van der Waals surface area contributed by atoms with E-state index < -0.39 is 0 Å². The van der Waals surface area contributed by atoms with Crippen molar-refractivity contribution >= 4 is 15.9 Å². The average molecular weight is 266 g/mol. The molecular weight excluding hydrogens is 254 g/mol. The summed E-state index contributed by atoms with van der Waals surface area (Å²) < 4.78 is 3.13. The van der Waals surface area contributed by atoms with Crippen molar-refractivity contribution < 1.29 is 5.11 Å². The Labute approximate surface area is 97.3 Å². The van der Waals surface area contributed by atoms with Crippen molar-refractivity contribution in [3.8, 4) is 0 Å². The lowest BCUT2D eigenvalue weighted by Gasteiger charge is -2.07. The SMILES string of the molecule is OCc1cccn1Cc1ccc(Br)cc1. The molecule has 0 radical (unpaired) electrons. The lowest BCUT2D eigenvalue weighted by Crippen LogP contribution is -2.02. The molecule has 0 aliphatic rings. The van der Waals surface area contributed by atoms with Crippen LogP contribution in [-0.4, -0.2) is 9.67 Å². The molecule has 1 heterocycles. The van der Waals surface area contributed by atoms with Crippen LogP contribution in [0.5, 0.6) is 0 Å². The predicted molar refractivity (Wildman–Crippen MR) is 63.6 cm³/mol. The van der Waals surface area contributed by atoms with Crippen LogP contribution in [0.3, 0.4) is 0 Å². The minimum Gasteiger partial charge on any atom is -0.390 e. The molecule has 1 aromatic heterocycles. The Morgan fingerprint density at radius 1 is 1.13 bits per heavy atom. The molecule has 0 spiro atoms. The van der Waals surface area contributed by atoms with Crippen LogP contribution in [0, 0.1) is 0 Å². The van der Waals surface area contributed by atoms with Crippen LogP contribution in [0.25, 0.3) is 0 Å². The summed E-state index contributed by atoms with van der Waals surface area (Å²) in [7, 11) is 0. The van der Waals surface area contributed by atoms with E-state index in [4.69, 9.17) is 5.11 Å². The van der Waals surface area contributed by atoms with Crippen molar-refractivity contribution in [3.05, 3.63) is 58.3 Å². The van der Waals surface area contributed by atoms with E-state index in [9.17, 15) is 0 Å². The third kappa shape index (κ3) is 2.49. The van der Waals surface area contributed by atoms with Crippen molar-refractivity contribution in [2.24, 2.45) is 0 Å². The molecule has 0 saturated carbocycles. The van der Waals surface area contributed by atoms with E-state index in [1.807, 2.05) is 35.0 Å². The van der Waals surface area contributed by atoms with Gasteiger partial charge in [0, 0.05) is 22.9 Å². The highest BCUT2D eigenvalue weighted by Crippen LogP contribution is 2.12. The molecular formula is C12H12BrNO. The number of rotatable bonds is 3. The van der Waals surface area contributed by atoms with Gasteiger partial charge in [-0.15, -0.1) is 0 Å². The average Bonchev–Trinajstić information content (AvgIpc) is 2.69. The highest BCUT2D eigenvalue weighted by molar-refractivity contribution is 9.10. The quantitative estimate of drug-likeness (QED) is 0.907. The third-order valence-corrected chi connectivity index (χ3v) is 2.88. The molecule has 3 heteroatoms. The van der Waals surface area contributed by atoms with E-state index in [-0.39, 0.29) is 6.61 Å². The van der Waals surface area contributed by atoms with Gasteiger partial charge in [-0.05, 0) is 29.8 Å². The van der Waals surface area contributed by atoms with E-state index in [1.54, 1.807) is 0 Å². The second-order valence-corrected chi connectivity index (χ2v) is 4.33. The fraction of sp³-hybridized carbons (Fsp3) is 0.167. The Balaban J connectivity index is 2.18. The number of benzene rings is 1. The highest BCUT2D eigenvalue weighted by atomic mass is 79.9. The fourth-order valence-corrected chi connectivity index (χ4v) is 1.80. The highest BCUT2D eigenvalue weighted by Gasteiger charge is 2.00. The normalized spacial score (nSPS) is 10.5. The summed E-state index contributed by atoms with van der Waals surface area (Å²) in [4.78, 5) is 0. The van der Waals surface area contributed by atoms with Gasteiger partial charge in [-0.1, -0.05) is 28.1 Å². The summed E-state index contributed by atoms with van der Waals surface area (Å²) >= 11 is 3.40. The van der Waals surface area contributed by atoms with E-state index in [2.05, 4.69) is 28.1 Å². The van der Waals surface area contributed by atoms with Gasteiger partial charge >= 0.3 is 0 Å². The maximum absolute atomic E-state index is 9.10. The van der Waals surface area contributed by atoms with Crippen LogP contribution < -0.4 is 0 Å². The van der Waals surface area contributed by atoms with Crippen molar-refractivity contribution in [2.75, 3.05) is 0 Å². The number of halogens is 1. The lowest BCUT2D eigenvalue weighted by atomic mass is 10.2. The number of aromatic nitrogens is 1. The minimum absolute atomic E-state index is 0.0868. The second-order valence-electron chi connectivity index (χ2n) is 3.41. The summed E-state index contributed by atoms with van der Waals surface area (Å²) in [6, 6.07) is 12.1. The number of nitrogens with zero attached hydrogens (tertiary/aromatic N) is 1. The van der Waals surface area contributed by atoms with E-state index >= 15 is 0 Å². The lowest BCUT2D eigenvalue weighted by molar-refractivity contribution is 0.271. The summed E-state index contributed by atoms with van der Waals surface area (Å²) in [6.45, 7) is 0.889. The first-order valence-electron chi connectivity index (χ1n) is 4.79. The van der Waals surface area contributed by atoms with Crippen LogP contribution >= 0.6 is 15.9 Å². The van der Waals surface area contributed by atoms with Gasteiger partial charge in [-0.2, -0.15) is 0 Å². The molecule has 2 rings (SSSR count). The molecule has 0 aliphatic carbocycles. The maximum Gasteiger partial charge on any atom is 0.0832 e. The first-order valence-corrected chi connectivity index (χ1v) is 5.58. The Hall–Kier alpha value is -1.06. The Bertz CT molecular complexity index is 433. The zero-order chi connectivity index (χ0) is 10.7. The van der Waals surface area contributed by atoms with Crippen molar-refractivity contribution in [2.45, 2.75) is 13.2 Å². The second kappa shape index (κ2) is 4.64. The summed E-state index contributed by atoms with van der Waals surface area (Å²) in [5.74, 6) is 0. The zero-order valence-corrected chi connectivity index (χ0v) is 9.81. The van der Waals surface area contributed by atoms with Gasteiger partial charge in [-0.25, -0.2) is 0 Å². The molecule has 2 nitrogen and oxygen atoms in total. The molecule has 2 aromatic rings. The standard InChI is InChI=1S/C12H12BrNO/c13-11-5-3-10(4-6-11)8-14-7-1-2-12(14)9-15/h1-7,15H,8-9H2. The molecule has 1 N–H and O–H groups in total. The van der Waals surface area contributed by atoms with Crippen molar-refractivity contribution in [1.29, 1.82) is 0 Å². The summed E-state index contributed by atoms with van der Waals surface area (Å²) in [5, 5.41) is 9.10. The number of aliphatic hydroxyl groups excluding tert-OH is 1. The van der Waals surface area contributed by atoms with Gasteiger partial charge in [0.15, 0.2) is 0 Å². The topological polar surface area (TPSA) is 25.2 Å². The largest absolute Gasteiger partial charge is 0.390 e. The van der Waals surface area contributed by atoms with Crippen LogP contribution in [0.2, 0.25) is 0 Å². The molecule has 1 aromatic carbocycles. The zero-order valence-electron chi connectivity index (χ0n) is 8.23. The van der Waals surface area contributed by atoms with E-state index in [1.165, 1.54) is 5.56 Å². The van der Waals surface area contributed by atoms with Gasteiger partial charge in [0.2, 0.25) is 0 Å². The summed E-state index contributed by atoms with van der Waals surface area (Å²) in [5.41, 5.74) is 2.17. The van der Waals surface area contributed by atoms with E-state index in [0.717, 1.165) is 16.7 Å². The molecule has 0 unspecified atom stereocenters. The van der Waals surface area contributed by atoms with Crippen LogP contribution in [-0.2, 0) is 13.2 Å². The Kier molecular flexibility index (Phi) is 3.23. The molecule has 0 bridgehead atoms. The molecule has 0 saturated heterocycles. The number of hydrogen-bond donors (Lipinski definition) is 1. The smallest absolute Gasteiger partial charge is 0.0832 e. The first-order chi connectivity index (χ1) is 7.29. The number of hydrogen-bond acceptors (Lipinski definition) is 1. The molecule has 0 aliphatic heterocycles. The van der Waals surface area contributed by atoms with Crippen LogP contribution in [0.4, 0.5) is 0 Å². The van der Waals surface area contributed by atoms with Gasteiger partial charge in [0.1, 0.15) is 0 Å². The molecule has 0 amide bonds. The van der Waals surface area contributed by atoms with Crippen LogP contribution in [0.15, 0.2) is 47.1 Å².